The highest BCUT2D eigenvalue weighted by Crippen LogP contribution is 2.69. The predicted molar refractivity (Wildman–Crippen MR) is 88.0 cm³/mol. The molecule has 2 heteroatoms. The lowest BCUT2D eigenvalue weighted by Gasteiger charge is -2.63. The van der Waals surface area contributed by atoms with Crippen molar-refractivity contribution in [2.75, 3.05) is 0 Å². The van der Waals surface area contributed by atoms with Crippen LogP contribution in [0.25, 0.3) is 0 Å². The highest BCUT2D eigenvalue weighted by molar-refractivity contribution is 9.09. The second-order valence-corrected chi connectivity index (χ2v) is 9.42. The first-order valence-electron chi connectivity index (χ1n) is 8.29. The Kier molecular flexibility index (Phi) is 3.10. The van der Waals surface area contributed by atoms with Gasteiger partial charge in [-0.05, 0) is 85.3 Å². The number of aryl methyl sites for hydroxylation is 1. The van der Waals surface area contributed by atoms with Crippen molar-refractivity contribution in [2.24, 2.45) is 22.7 Å². The van der Waals surface area contributed by atoms with Crippen molar-refractivity contribution in [3.8, 4) is 0 Å². The van der Waals surface area contributed by atoms with E-state index in [0.29, 0.717) is 15.7 Å². The van der Waals surface area contributed by atoms with Gasteiger partial charge in [0.1, 0.15) is 5.82 Å². The maximum atomic E-state index is 13.6. The zero-order chi connectivity index (χ0) is 14.8. The molecule has 1 aromatic rings. The number of hydrogen-bond acceptors (Lipinski definition) is 0. The van der Waals surface area contributed by atoms with Gasteiger partial charge in [-0.1, -0.05) is 35.0 Å². The average molecular weight is 351 g/mol. The fraction of sp³-hybridized carbons (Fsp3) is 0.684. The molecule has 0 amide bonds. The Morgan fingerprint density at radius 3 is 2.43 bits per heavy atom. The van der Waals surface area contributed by atoms with Crippen LogP contribution < -0.4 is 0 Å². The number of hydrogen-bond donors (Lipinski definition) is 0. The van der Waals surface area contributed by atoms with Crippen LogP contribution in [0.2, 0.25) is 0 Å². The van der Waals surface area contributed by atoms with Crippen LogP contribution in [0.1, 0.15) is 61.4 Å². The smallest absolute Gasteiger partial charge is 0.126 e. The second-order valence-electron chi connectivity index (χ2n) is 8.51. The first-order valence-corrected chi connectivity index (χ1v) is 9.21. The Bertz CT molecular complexity index is 565. The van der Waals surface area contributed by atoms with Crippen LogP contribution in [0, 0.1) is 35.4 Å². The van der Waals surface area contributed by atoms with E-state index in [0.717, 1.165) is 17.4 Å². The summed E-state index contributed by atoms with van der Waals surface area (Å²) < 4.78 is 13.6. The normalized spacial score (nSPS) is 42.3. The third-order valence-electron chi connectivity index (χ3n) is 6.41. The zero-order valence-electron chi connectivity index (χ0n) is 13.0. The molecule has 0 aliphatic heterocycles. The zero-order valence-corrected chi connectivity index (χ0v) is 14.5. The molecule has 0 radical (unpaired) electrons. The molecule has 21 heavy (non-hydrogen) atoms. The lowest BCUT2D eigenvalue weighted by molar-refractivity contribution is -0.101. The van der Waals surface area contributed by atoms with Gasteiger partial charge < -0.3 is 0 Å². The number of rotatable bonds is 2. The monoisotopic (exact) mass is 350 g/mol. The van der Waals surface area contributed by atoms with E-state index in [1.807, 2.05) is 13.0 Å². The van der Waals surface area contributed by atoms with Crippen molar-refractivity contribution in [1.29, 1.82) is 0 Å². The van der Waals surface area contributed by atoms with Crippen molar-refractivity contribution in [2.45, 2.75) is 57.2 Å². The largest absolute Gasteiger partial charge is 0.207 e. The fourth-order valence-electron chi connectivity index (χ4n) is 6.27. The molecule has 0 heterocycles. The molecular formula is C19H24BrF. The van der Waals surface area contributed by atoms with Crippen molar-refractivity contribution in [3.63, 3.8) is 0 Å². The molecule has 114 valence electrons. The molecule has 3 atom stereocenters. The molecule has 0 aromatic heterocycles. The van der Waals surface area contributed by atoms with Crippen molar-refractivity contribution >= 4 is 15.9 Å². The predicted octanol–water partition coefficient (Wildman–Crippen LogP) is 6.18. The van der Waals surface area contributed by atoms with Gasteiger partial charge in [0.2, 0.25) is 0 Å². The summed E-state index contributed by atoms with van der Waals surface area (Å²) in [5.41, 5.74) is 3.02. The Labute approximate surface area is 135 Å². The van der Waals surface area contributed by atoms with E-state index in [2.05, 4.69) is 28.9 Å². The molecule has 4 aliphatic rings. The minimum absolute atomic E-state index is 0.0871. The fourth-order valence-corrected chi connectivity index (χ4v) is 7.09. The Balaban J connectivity index is 1.70. The van der Waals surface area contributed by atoms with E-state index in [-0.39, 0.29) is 5.82 Å². The van der Waals surface area contributed by atoms with Gasteiger partial charge in [-0.3, -0.25) is 0 Å². The summed E-state index contributed by atoms with van der Waals surface area (Å²) in [6.07, 6.45) is 8.41. The average Bonchev–Trinajstić information content (AvgIpc) is 2.38. The summed E-state index contributed by atoms with van der Waals surface area (Å²) >= 11 is 4.03. The second kappa shape index (κ2) is 4.57. The van der Waals surface area contributed by atoms with E-state index in [1.165, 1.54) is 44.1 Å². The topological polar surface area (TPSA) is 0 Å². The van der Waals surface area contributed by atoms with E-state index < -0.39 is 0 Å². The van der Waals surface area contributed by atoms with Crippen LogP contribution in [0.15, 0.2) is 18.2 Å². The van der Waals surface area contributed by atoms with Crippen molar-refractivity contribution in [3.05, 3.63) is 35.1 Å². The lowest BCUT2D eigenvalue weighted by Crippen LogP contribution is -2.52. The molecule has 4 bridgehead atoms. The number of benzene rings is 1. The van der Waals surface area contributed by atoms with Crippen molar-refractivity contribution in [1.82, 2.24) is 0 Å². The number of halogens is 2. The van der Waals surface area contributed by atoms with E-state index >= 15 is 0 Å². The van der Waals surface area contributed by atoms with E-state index in [4.69, 9.17) is 0 Å². The third kappa shape index (κ3) is 2.20. The lowest BCUT2D eigenvalue weighted by atomic mass is 9.44. The first-order chi connectivity index (χ1) is 9.89. The molecule has 3 unspecified atom stereocenters. The first kappa shape index (κ1) is 14.2. The van der Waals surface area contributed by atoms with Crippen LogP contribution in [0.3, 0.4) is 0 Å². The quantitative estimate of drug-likeness (QED) is 0.559. The summed E-state index contributed by atoms with van der Waals surface area (Å²) in [5, 5.41) is 0. The minimum Gasteiger partial charge on any atom is -0.207 e. The molecule has 0 spiro atoms. The molecule has 4 saturated carbocycles. The van der Waals surface area contributed by atoms with Crippen LogP contribution in [0.4, 0.5) is 4.39 Å². The third-order valence-corrected chi connectivity index (χ3v) is 7.91. The molecule has 0 nitrogen and oxygen atoms in total. The summed E-state index contributed by atoms with van der Waals surface area (Å²) in [5.74, 6) is 1.77. The highest BCUT2D eigenvalue weighted by Gasteiger charge is 2.58. The van der Waals surface area contributed by atoms with Gasteiger partial charge in [0.05, 0.1) is 0 Å². The minimum atomic E-state index is -0.0871. The summed E-state index contributed by atoms with van der Waals surface area (Å²) in [6, 6.07) is 5.68. The molecular weight excluding hydrogens is 327 g/mol. The Hall–Kier alpha value is -0.370. The summed E-state index contributed by atoms with van der Waals surface area (Å²) in [7, 11) is 0. The molecule has 4 fully saturated rings. The SMILES string of the molecule is Cc1cc(C(Br)C23CC4CC(CC(C)(C4)C2)C3)ccc1F. The van der Waals surface area contributed by atoms with Gasteiger partial charge in [0.15, 0.2) is 0 Å². The summed E-state index contributed by atoms with van der Waals surface area (Å²) in [6.45, 7) is 4.38. The summed E-state index contributed by atoms with van der Waals surface area (Å²) in [4.78, 5) is 0.384. The Morgan fingerprint density at radius 2 is 1.86 bits per heavy atom. The van der Waals surface area contributed by atoms with Crippen molar-refractivity contribution < 1.29 is 4.39 Å². The Morgan fingerprint density at radius 1 is 1.19 bits per heavy atom. The van der Waals surface area contributed by atoms with Gasteiger partial charge >= 0.3 is 0 Å². The molecule has 5 rings (SSSR count). The van der Waals surface area contributed by atoms with E-state index in [1.54, 1.807) is 6.07 Å². The van der Waals surface area contributed by atoms with Crippen LogP contribution in [-0.4, -0.2) is 0 Å². The molecule has 1 aromatic carbocycles. The van der Waals surface area contributed by atoms with Gasteiger partial charge in [-0.25, -0.2) is 4.39 Å². The van der Waals surface area contributed by atoms with Crippen LogP contribution >= 0.6 is 15.9 Å². The van der Waals surface area contributed by atoms with Gasteiger partial charge in [0, 0.05) is 4.83 Å². The standard InChI is InChI=1S/C19H24BrF/c1-12-5-15(3-4-16(12)21)17(20)19-9-13-6-14(10-19)8-18(2,7-13)11-19/h3-5,13-14,17H,6-11H2,1-2H3. The van der Waals surface area contributed by atoms with Gasteiger partial charge in [0.25, 0.3) is 0 Å². The molecule has 0 saturated heterocycles. The van der Waals surface area contributed by atoms with Crippen LogP contribution in [-0.2, 0) is 0 Å². The maximum Gasteiger partial charge on any atom is 0.126 e. The highest BCUT2D eigenvalue weighted by atomic mass is 79.9. The van der Waals surface area contributed by atoms with E-state index in [9.17, 15) is 4.39 Å². The number of alkyl halides is 1. The van der Waals surface area contributed by atoms with Gasteiger partial charge in [-0.15, -0.1) is 0 Å². The molecule has 4 aliphatic carbocycles. The molecule has 0 N–H and O–H groups in total. The maximum absolute atomic E-state index is 13.6. The van der Waals surface area contributed by atoms with Crippen LogP contribution in [0.5, 0.6) is 0 Å². The van der Waals surface area contributed by atoms with Gasteiger partial charge in [-0.2, -0.15) is 0 Å².